The number of carbonyl (C=O) groups is 2. The van der Waals surface area contributed by atoms with E-state index in [1.807, 2.05) is 12.2 Å². The van der Waals surface area contributed by atoms with Crippen molar-refractivity contribution < 1.29 is 37.9 Å². The second-order valence-corrected chi connectivity index (χ2v) is 11.3. The molecule has 0 aromatic heterocycles. The zero-order valence-electron chi connectivity index (χ0n) is 26.3. The molecule has 244 valence electrons. The SMILES string of the molecule is CC/C=C\C/C=C\C/C=C\C/C=C\C/C=C\C/C=C\CCC(=O)OC(COC(=O)CCCCCCCC)COP(=O)(O)O. The first-order valence-electron chi connectivity index (χ1n) is 15.7. The summed E-state index contributed by atoms with van der Waals surface area (Å²) in [7, 11) is -4.76. The van der Waals surface area contributed by atoms with E-state index in [4.69, 9.17) is 19.3 Å². The Labute approximate surface area is 259 Å². The molecule has 1 atom stereocenters. The molecule has 0 heterocycles. The molecular formula is C34H55O8P. The van der Waals surface area contributed by atoms with Gasteiger partial charge in [0.15, 0.2) is 6.10 Å². The van der Waals surface area contributed by atoms with Crippen LogP contribution in [0.15, 0.2) is 72.9 Å². The van der Waals surface area contributed by atoms with Crippen molar-refractivity contribution in [3.8, 4) is 0 Å². The Kier molecular flexibility index (Phi) is 27.8. The summed E-state index contributed by atoms with van der Waals surface area (Å²) in [5, 5.41) is 0. The Morgan fingerprint density at radius 1 is 0.628 bits per heavy atom. The molecule has 0 aromatic rings. The molecule has 0 rings (SSSR count). The molecule has 0 saturated heterocycles. The molecule has 1 unspecified atom stereocenters. The predicted octanol–water partition coefficient (Wildman–Crippen LogP) is 8.78. The van der Waals surface area contributed by atoms with Crippen molar-refractivity contribution in [2.45, 2.75) is 116 Å². The van der Waals surface area contributed by atoms with Gasteiger partial charge in [0.2, 0.25) is 0 Å². The second-order valence-electron chi connectivity index (χ2n) is 10.1. The molecule has 0 amide bonds. The molecule has 0 aromatic carbocycles. The lowest BCUT2D eigenvalue weighted by Gasteiger charge is -2.18. The summed E-state index contributed by atoms with van der Waals surface area (Å²) in [4.78, 5) is 42.2. The lowest BCUT2D eigenvalue weighted by molar-refractivity contribution is -0.161. The van der Waals surface area contributed by atoms with Crippen LogP contribution in [0.2, 0.25) is 0 Å². The first-order valence-corrected chi connectivity index (χ1v) is 17.3. The van der Waals surface area contributed by atoms with Crippen molar-refractivity contribution in [3.63, 3.8) is 0 Å². The van der Waals surface area contributed by atoms with E-state index in [1.54, 1.807) is 0 Å². The van der Waals surface area contributed by atoms with E-state index in [0.717, 1.165) is 64.2 Å². The number of phosphoric acid groups is 1. The van der Waals surface area contributed by atoms with Gasteiger partial charge in [0.05, 0.1) is 6.61 Å². The zero-order chi connectivity index (χ0) is 31.9. The topological polar surface area (TPSA) is 119 Å². The number of hydrogen-bond donors (Lipinski definition) is 2. The molecule has 0 fully saturated rings. The molecule has 0 radical (unpaired) electrons. The molecule has 0 saturated carbocycles. The predicted molar refractivity (Wildman–Crippen MR) is 174 cm³/mol. The molecule has 0 aliphatic carbocycles. The molecule has 0 spiro atoms. The Morgan fingerprint density at radius 2 is 1.12 bits per heavy atom. The fourth-order valence-corrected chi connectivity index (χ4v) is 4.05. The highest BCUT2D eigenvalue weighted by Gasteiger charge is 2.22. The van der Waals surface area contributed by atoms with Gasteiger partial charge in [-0.15, -0.1) is 0 Å². The summed E-state index contributed by atoms with van der Waals surface area (Å²) >= 11 is 0. The second kappa shape index (κ2) is 29.6. The Bertz CT molecular complexity index is 927. The van der Waals surface area contributed by atoms with Gasteiger partial charge < -0.3 is 19.3 Å². The van der Waals surface area contributed by atoms with E-state index in [0.29, 0.717) is 12.8 Å². The smallest absolute Gasteiger partial charge is 0.462 e. The van der Waals surface area contributed by atoms with Gasteiger partial charge in [0.1, 0.15) is 6.61 Å². The van der Waals surface area contributed by atoms with Gasteiger partial charge in [-0.2, -0.15) is 0 Å². The standard InChI is InChI=1S/C34H55O8P/c1-3-5-7-9-11-12-13-14-15-16-17-18-19-20-21-22-23-25-27-29-34(36)42-32(31-41-43(37,38)39)30-40-33(35)28-26-24-10-8-6-4-2/h5,7,11-12,14-15,17-18,20-21,23,25,32H,3-4,6,8-10,13,16,19,22,24,26-31H2,1-2H3,(H2,37,38,39)/b7-5-,12-11-,15-14-,18-17-,21-20-,25-23-. The van der Waals surface area contributed by atoms with Crippen LogP contribution in [0.3, 0.4) is 0 Å². The normalized spacial score (nSPS) is 13.5. The quantitative estimate of drug-likeness (QED) is 0.0404. The fraction of sp³-hybridized carbons (Fsp3) is 0.588. The number of carbonyl (C=O) groups excluding carboxylic acids is 2. The fourth-order valence-electron chi connectivity index (χ4n) is 3.69. The Hall–Kier alpha value is -2.51. The Morgan fingerprint density at radius 3 is 1.63 bits per heavy atom. The van der Waals surface area contributed by atoms with Crippen molar-refractivity contribution in [2.24, 2.45) is 0 Å². The van der Waals surface area contributed by atoms with Crippen LogP contribution < -0.4 is 0 Å². The third-order valence-corrected chi connectivity index (χ3v) is 6.49. The van der Waals surface area contributed by atoms with Crippen LogP contribution in [0.4, 0.5) is 0 Å². The molecule has 9 heteroatoms. The van der Waals surface area contributed by atoms with Gasteiger partial charge in [-0.25, -0.2) is 4.57 Å². The molecule has 0 bridgehead atoms. The number of rotatable bonds is 27. The van der Waals surface area contributed by atoms with Gasteiger partial charge in [-0.3, -0.25) is 14.1 Å². The van der Waals surface area contributed by atoms with E-state index in [1.165, 1.54) is 6.42 Å². The molecule has 43 heavy (non-hydrogen) atoms. The summed E-state index contributed by atoms with van der Waals surface area (Å²) in [6.45, 7) is 3.39. The highest BCUT2D eigenvalue weighted by atomic mass is 31.2. The summed E-state index contributed by atoms with van der Waals surface area (Å²) in [5.74, 6) is -1.00. The van der Waals surface area contributed by atoms with Crippen LogP contribution in [0.5, 0.6) is 0 Å². The third-order valence-electron chi connectivity index (χ3n) is 6.00. The minimum absolute atomic E-state index is 0.0836. The molecule has 0 aliphatic heterocycles. The maximum atomic E-state index is 12.2. The minimum atomic E-state index is -4.76. The van der Waals surface area contributed by atoms with E-state index in [9.17, 15) is 14.2 Å². The summed E-state index contributed by atoms with van der Waals surface area (Å²) in [6.07, 6.45) is 36.7. The number of unbranched alkanes of at least 4 members (excludes halogenated alkanes) is 5. The van der Waals surface area contributed by atoms with Gasteiger partial charge in [-0.1, -0.05) is 119 Å². The summed E-state index contributed by atoms with van der Waals surface area (Å²) < 4.78 is 26.0. The molecule has 2 N–H and O–H groups in total. The third kappa shape index (κ3) is 32.2. The van der Waals surface area contributed by atoms with Crippen LogP contribution in [-0.2, 0) is 28.2 Å². The number of allylic oxidation sites excluding steroid dienone is 12. The van der Waals surface area contributed by atoms with Crippen molar-refractivity contribution in [1.82, 2.24) is 0 Å². The molecule has 8 nitrogen and oxygen atoms in total. The minimum Gasteiger partial charge on any atom is -0.462 e. The van der Waals surface area contributed by atoms with Crippen LogP contribution in [0.25, 0.3) is 0 Å². The largest absolute Gasteiger partial charge is 0.469 e. The van der Waals surface area contributed by atoms with Crippen LogP contribution in [0, 0.1) is 0 Å². The zero-order valence-corrected chi connectivity index (χ0v) is 27.2. The maximum absolute atomic E-state index is 12.2. The highest BCUT2D eigenvalue weighted by molar-refractivity contribution is 7.46. The van der Waals surface area contributed by atoms with E-state index in [2.05, 4.69) is 79.1 Å². The summed E-state index contributed by atoms with van der Waals surface area (Å²) in [6, 6.07) is 0. The number of esters is 2. The number of ether oxygens (including phenoxy) is 2. The summed E-state index contributed by atoms with van der Waals surface area (Å²) in [5.41, 5.74) is 0. The van der Waals surface area contributed by atoms with Gasteiger partial charge in [0, 0.05) is 12.8 Å². The van der Waals surface area contributed by atoms with Crippen LogP contribution in [-0.4, -0.2) is 41.0 Å². The lowest BCUT2D eigenvalue weighted by Crippen LogP contribution is -2.29. The average Bonchev–Trinajstić information content (AvgIpc) is 2.97. The highest BCUT2D eigenvalue weighted by Crippen LogP contribution is 2.35. The average molecular weight is 623 g/mol. The number of phosphoric ester groups is 1. The van der Waals surface area contributed by atoms with Gasteiger partial charge in [-0.05, 0) is 51.4 Å². The van der Waals surface area contributed by atoms with Gasteiger partial charge >= 0.3 is 19.8 Å². The lowest BCUT2D eigenvalue weighted by atomic mass is 10.1. The first-order chi connectivity index (χ1) is 20.8. The van der Waals surface area contributed by atoms with Crippen molar-refractivity contribution in [2.75, 3.05) is 13.2 Å². The van der Waals surface area contributed by atoms with Gasteiger partial charge in [0.25, 0.3) is 0 Å². The van der Waals surface area contributed by atoms with Crippen LogP contribution >= 0.6 is 7.82 Å². The van der Waals surface area contributed by atoms with E-state index in [-0.39, 0.29) is 19.4 Å². The van der Waals surface area contributed by atoms with Crippen molar-refractivity contribution in [3.05, 3.63) is 72.9 Å². The first kappa shape index (κ1) is 40.5. The maximum Gasteiger partial charge on any atom is 0.469 e. The van der Waals surface area contributed by atoms with Crippen molar-refractivity contribution in [1.29, 1.82) is 0 Å². The molecule has 0 aliphatic rings. The molecular weight excluding hydrogens is 567 g/mol. The van der Waals surface area contributed by atoms with Crippen molar-refractivity contribution >= 4 is 19.8 Å². The number of hydrogen-bond acceptors (Lipinski definition) is 6. The van der Waals surface area contributed by atoms with Crippen LogP contribution in [0.1, 0.15) is 110 Å². The Balaban J connectivity index is 4.17. The van der Waals surface area contributed by atoms with E-state index >= 15 is 0 Å². The van der Waals surface area contributed by atoms with E-state index < -0.39 is 32.5 Å². The monoisotopic (exact) mass is 622 g/mol.